The van der Waals surface area contributed by atoms with Crippen LogP contribution in [-0.4, -0.2) is 165 Å². The molecule has 0 aliphatic carbocycles. The highest BCUT2D eigenvalue weighted by Crippen LogP contribution is 2.50. The Hall–Kier alpha value is -7.39. The van der Waals surface area contributed by atoms with Crippen LogP contribution in [0.1, 0.15) is 153 Å². The zero-order chi connectivity index (χ0) is 66.9. The number of benzene rings is 2. The zero-order valence-electron chi connectivity index (χ0n) is 55.5. The van der Waals surface area contributed by atoms with Crippen LogP contribution in [0.2, 0.25) is 0 Å². The molecule has 6 aromatic heterocycles. The molecule has 95 heavy (non-hydrogen) atoms. The molecule has 11 heterocycles. The van der Waals surface area contributed by atoms with Crippen molar-refractivity contribution >= 4 is 77.6 Å². The molecule has 13 rings (SSSR count). The number of thiazole rings is 1. The number of aryl methyl sites for hydroxylation is 3. The molecule has 0 radical (unpaired) electrons. The van der Waals surface area contributed by atoms with E-state index < -0.39 is 47.2 Å². The fourth-order valence-electron chi connectivity index (χ4n) is 15.0. The molecule has 2 N–H and O–H groups in total. The summed E-state index contributed by atoms with van der Waals surface area (Å²) in [5.41, 5.74) is 3.92. The number of anilines is 1. The average molecular weight is 1340 g/mol. The van der Waals surface area contributed by atoms with E-state index in [1.165, 1.54) is 29.4 Å². The number of fused-ring (bicyclic) bond motifs is 6. The van der Waals surface area contributed by atoms with E-state index >= 15 is 13.2 Å². The Labute approximate surface area is 558 Å². The van der Waals surface area contributed by atoms with Gasteiger partial charge in [0.15, 0.2) is 6.23 Å². The number of carbonyl (C=O) groups is 3. The summed E-state index contributed by atoms with van der Waals surface area (Å²) in [4.78, 5) is 71.3. The lowest BCUT2D eigenvalue weighted by atomic mass is 9.82. The minimum Gasteiger partial charge on any atom is -0.463 e. The molecule has 26 heteroatoms. The summed E-state index contributed by atoms with van der Waals surface area (Å²) in [7, 11) is 0. The van der Waals surface area contributed by atoms with E-state index in [-0.39, 0.29) is 77.7 Å². The molecule has 506 valence electrons. The van der Waals surface area contributed by atoms with E-state index in [0.29, 0.717) is 76.2 Å². The van der Waals surface area contributed by atoms with Gasteiger partial charge in [0, 0.05) is 79.9 Å². The quantitative estimate of drug-likeness (QED) is 0.0809. The predicted octanol–water partition coefficient (Wildman–Crippen LogP) is 12.3. The van der Waals surface area contributed by atoms with Crippen LogP contribution < -0.4 is 15.0 Å². The van der Waals surface area contributed by atoms with Gasteiger partial charge in [0.25, 0.3) is 0 Å². The van der Waals surface area contributed by atoms with Gasteiger partial charge in [-0.1, -0.05) is 57.2 Å². The van der Waals surface area contributed by atoms with Gasteiger partial charge in [-0.25, -0.2) is 19.1 Å². The summed E-state index contributed by atoms with van der Waals surface area (Å²) in [6.45, 7) is 21.8. The van der Waals surface area contributed by atoms with Crippen molar-refractivity contribution in [2.24, 2.45) is 10.8 Å². The second-order valence-electron chi connectivity index (χ2n) is 29.1. The maximum absolute atomic E-state index is 15.6. The minimum atomic E-state index is -4.72. The van der Waals surface area contributed by atoms with E-state index in [2.05, 4.69) is 42.4 Å². The number of hydrogen-bond donors (Lipinski definition) is 2. The molecule has 7 atom stereocenters. The summed E-state index contributed by atoms with van der Waals surface area (Å²) in [5.74, 6) is -0.0282. The SMILES string of the molecule is Cc1cc2c(cnn2C2CCCCO2)c(-c2nccc3c2sc2nc(OCC4(C)CCCN(CCCCc5cn([C@H](C(=O)N6C[C@H](O)C[C@H]6C(=O)NCc6ccc(-c7scnc7C)cc6)C(C)(C)C)nn5)C4)nc(N4C[C@H]5CC[C@@H](C4)N5C(=O)OC(C)(C)C)c23)c1C(F)(F)F. The lowest BCUT2D eigenvalue weighted by molar-refractivity contribution is -0.144. The highest BCUT2D eigenvalue weighted by molar-refractivity contribution is 7.26. The molecule has 0 spiro atoms. The number of piperidine rings is 1. The fraction of sp³-hybridized carbons (Fsp3) is 0.565. The monoisotopic (exact) mass is 1340 g/mol. The number of likely N-dealkylation sites (tertiary alicyclic amines) is 2. The van der Waals surface area contributed by atoms with Crippen LogP contribution in [0, 0.1) is 24.7 Å². The first-order valence-corrected chi connectivity index (χ1v) is 35.0. The van der Waals surface area contributed by atoms with E-state index in [1.54, 1.807) is 33.0 Å². The molecule has 0 saturated carbocycles. The predicted molar refractivity (Wildman–Crippen MR) is 358 cm³/mol. The van der Waals surface area contributed by atoms with Crippen molar-refractivity contribution in [3.05, 3.63) is 88.6 Å². The normalized spacial score (nSPS) is 22.5. The first-order valence-electron chi connectivity index (χ1n) is 33.3. The van der Waals surface area contributed by atoms with E-state index in [0.717, 1.165) is 98.4 Å². The molecule has 8 aromatic rings. The standard InChI is InChI=1S/C69H85F3N14O7S2/c1-40-29-50-49(32-76-86(50)52-16-11-13-28-91-52)53(55(40)69(70,71)72)56-58-48(23-25-73-56)54-60(82-34-45-21-22-46(35-82)85(45)65(90)93-67(6,7)8)77-64(78-62(54)95-58)92-38-68(9)24-14-27-81(37-68)26-12-10-15-44-33-84(80-79-44)59(66(3,4)5)63(89)83-36-47(87)30-51(83)61(88)74-31-42-17-19-43(20-18-42)57-41(2)75-39-94-57/h17-20,23,25,29,32-33,39,45-47,51-52,59,87H,10-16,21-22,24,26-28,30-31,34-38H2,1-9H3,(H,74,88)/t45-,46+,47-,51+,52?,59-,68?/m1/s1. The van der Waals surface area contributed by atoms with Crippen molar-refractivity contribution in [2.45, 2.75) is 188 Å². The van der Waals surface area contributed by atoms with Gasteiger partial charge in [0.05, 0.1) is 79.6 Å². The van der Waals surface area contributed by atoms with Crippen LogP contribution in [-0.2, 0) is 38.2 Å². The molecular weight excluding hydrogens is 1260 g/mol. The molecule has 2 bridgehead atoms. The van der Waals surface area contributed by atoms with Gasteiger partial charge in [-0.2, -0.15) is 28.2 Å². The van der Waals surface area contributed by atoms with Gasteiger partial charge in [-0.15, -0.1) is 27.8 Å². The van der Waals surface area contributed by atoms with Crippen LogP contribution in [0.25, 0.3) is 52.9 Å². The fourth-order valence-corrected chi connectivity index (χ4v) is 16.9. The van der Waals surface area contributed by atoms with E-state index in [4.69, 9.17) is 29.2 Å². The largest absolute Gasteiger partial charge is 0.463 e. The van der Waals surface area contributed by atoms with Crippen molar-refractivity contribution in [1.82, 2.24) is 64.7 Å². The second-order valence-corrected chi connectivity index (χ2v) is 30.9. The Bertz CT molecular complexity index is 4140. The summed E-state index contributed by atoms with van der Waals surface area (Å²) in [6, 6.07) is 9.58. The molecule has 5 aliphatic rings. The first kappa shape index (κ1) is 66.2. The molecule has 2 aromatic carbocycles. The van der Waals surface area contributed by atoms with Gasteiger partial charge in [-0.05, 0) is 146 Å². The van der Waals surface area contributed by atoms with Crippen molar-refractivity contribution in [3.8, 4) is 27.7 Å². The molecule has 21 nitrogen and oxygen atoms in total. The van der Waals surface area contributed by atoms with Crippen LogP contribution in [0.15, 0.2) is 60.5 Å². The number of piperazine rings is 1. The number of β-amino-alcohol motifs (C(OH)–C–C–N with tert-alkyl or cyclic N) is 1. The number of alkyl halides is 3. The number of aliphatic hydroxyl groups is 1. The number of unbranched alkanes of at least 4 members (excludes halogenated alkanes) is 1. The number of thiophene rings is 1. The van der Waals surface area contributed by atoms with Crippen LogP contribution in [0.4, 0.5) is 23.8 Å². The first-order chi connectivity index (χ1) is 45.3. The van der Waals surface area contributed by atoms with Crippen molar-refractivity contribution < 1.29 is 46.9 Å². The van der Waals surface area contributed by atoms with Gasteiger partial charge < -0.3 is 39.3 Å². The smallest absolute Gasteiger partial charge is 0.417 e. The Morgan fingerprint density at radius 2 is 1.72 bits per heavy atom. The number of rotatable bonds is 17. The summed E-state index contributed by atoms with van der Waals surface area (Å²) >= 11 is 2.86. The van der Waals surface area contributed by atoms with Crippen LogP contribution in [0.3, 0.4) is 0 Å². The Morgan fingerprint density at radius 3 is 2.42 bits per heavy atom. The minimum absolute atomic E-state index is 0.0359. The van der Waals surface area contributed by atoms with Crippen molar-refractivity contribution in [3.63, 3.8) is 0 Å². The van der Waals surface area contributed by atoms with Crippen molar-refractivity contribution in [2.75, 3.05) is 57.4 Å². The molecule has 2 unspecified atom stereocenters. The Morgan fingerprint density at radius 1 is 0.937 bits per heavy atom. The number of nitrogens with one attached hydrogen (secondary N) is 1. The Kier molecular flexibility index (Phi) is 18.3. The summed E-state index contributed by atoms with van der Waals surface area (Å²) in [5, 5.41) is 29.3. The number of carbonyl (C=O) groups excluding carboxylic acids is 3. The van der Waals surface area contributed by atoms with Gasteiger partial charge in [-0.3, -0.25) is 19.5 Å². The van der Waals surface area contributed by atoms with Crippen LogP contribution in [0.5, 0.6) is 6.01 Å². The maximum atomic E-state index is 15.6. The average Bonchev–Trinajstić information content (AvgIpc) is 1.61. The topological polar surface area (TPSA) is 224 Å². The number of aliphatic hydroxyl groups excluding tert-OH is 1. The van der Waals surface area contributed by atoms with Gasteiger partial charge >= 0.3 is 18.3 Å². The number of amides is 3. The lowest BCUT2D eigenvalue weighted by Gasteiger charge is -2.42. The van der Waals surface area contributed by atoms with E-state index in [1.807, 2.05) is 95.4 Å². The maximum Gasteiger partial charge on any atom is 0.417 e. The lowest BCUT2D eigenvalue weighted by Crippen LogP contribution is -2.57. The zero-order valence-corrected chi connectivity index (χ0v) is 57.2. The molecule has 5 fully saturated rings. The highest BCUT2D eigenvalue weighted by Gasteiger charge is 2.48. The van der Waals surface area contributed by atoms with Gasteiger partial charge in [0.1, 0.15) is 28.3 Å². The number of pyridine rings is 1. The number of nitrogens with zero attached hydrogens (tertiary/aromatic N) is 13. The summed E-state index contributed by atoms with van der Waals surface area (Å²) in [6.07, 6.45) is 7.01. The molecule has 5 aliphatic heterocycles. The third-order valence-corrected chi connectivity index (χ3v) is 21.5. The highest BCUT2D eigenvalue weighted by atomic mass is 32.1. The molecular formula is C69H85F3N14O7S2. The molecule has 5 saturated heterocycles. The Balaban J connectivity index is 0.698. The molecule has 3 amide bonds. The third kappa shape index (κ3) is 13.7. The van der Waals surface area contributed by atoms with E-state index in [9.17, 15) is 19.5 Å². The third-order valence-electron chi connectivity index (χ3n) is 19.4. The number of aromatic nitrogens is 9. The number of halogens is 3. The van der Waals surface area contributed by atoms with Crippen LogP contribution >= 0.6 is 22.7 Å². The van der Waals surface area contributed by atoms with Crippen molar-refractivity contribution in [1.29, 1.82) is 0 Å². The number of hydrogen-bond acceptors (Lipinski definition) is 18. The second kappa shape index (κ2) is 26.2. The number of ether oxygens (including phenoxy) is 3. The van der Waals surface area contributed by atoms with Gasteiger partial charge in [0.2, 0.25) is 11.8 Å². The summed E-state index contributed by atoms with van der Waals surface area (Å²) < 4.78 is 69.3.